The standard InChI is InChI=1S/C23H29FN4O/c1-17(25)27-9-11-28(12-10-27)23(29)16-26-8-7-20-13-19(5-6-21(20)15-26)18-3-2-4-22(24)14-18/h2-6,13-14,17H,7-12,15-16,25H2,1H3. The molecule has 2 heterocycles. The molecule has 29 heavy (non-hydrogen) atoms. The first-order valence-corrected chi connectivity index (χ1v) is 10.4. The van der Waals surface area contributed by atoms with Gasteiger partial charge in [-0.15, -0.1) is 0 Å². The summed E-state index contributed by atoms with van der Waals surface area (Å²) in [5.41, 5.74) is 10.4. The van der Waals surface area contributed by atoms with E-state index in [1.807, 2.05) is 24.0 Å². The first kappa shape index (κ1) is 20.0. The zero-order valence-electron chi connectivity index (χ0n) is 17.0. The van der Waals surface area contributed by atoms with Gasteiger partial charge in [0, 0.05) is 39.3 Å². The number of hydrogen-bond donors (Lipinski definition) is 1. The van der Waals surface area contributed by atoms with Crippen molar-refractivity contribution >= 4 is 5.91 Å². The molecule has 6 heteroatoms. The van der Waals surface area contributed by atoms with Crippen LogP contribution in [0.5, 0.6) is 0 Å². The van der Waals surface area contributed by atoms with E-state index < -0.39 is 0 Å². The summed E-state index contributed by atoms with van der Waals surface area (Å²) < 4.78 is 13.5. The molecule has 154 valence electrons. The number of nitrogens with two attached hydrogens (primary N) is 1. The van der Waals surface area contributed by atoms with Crippen molar-refractivity contribution in [2.45, 2.75) is 26.1 Å². The van der Waals surface area contributed by atoms with Gasteiger partial charge in [0.1, 0.15) is 5.82 Å². The van der Waals surface area contributed by atoms with Crippen LogP contribution >= 0.6 is 0 Å². The molecule has 0 bridgehead atoms. The summed E-state index contributed by atoms with van der Waals surface area (Å²) >= 11 is 0. The summed E-state index contributed by atoms with van der Waals surface area (Å²) in [5, 5.41) is 0. The number of carbonyl (C=O) groups is 1. The average molecular weight is 397 g/mol. The predicted octanol–water partition coefficient (Wildman–Crippen LogP) is 2.30. The van der Waals surface area contributed by atoms with Gasteiger partial charge in [0.15, 0.2) is 0 Å². The van der Waals surface area contributed by atoms with Gasteiger partial charge in [0.05, 0.1) is 12.7 Å². The molecule has 0 aliphatic carbocycles. The lowest BCUT2D eigenvalue weighted by molar-refractivity contribution is -0.134. The van der Waals surface area contributed by atoms with Crippen LogP contribution in [0.15, 0.2) is 42.5 Å². The molecule has 1 fully saturated rings. The Morgan fingerprint density at radius 3 is 2.52 bits per heavy atom. The van der Waals surface area contributed by atoms with E-state index in [1.54, 1.807) is 12.1 Å². The fourth-order valence-corrected chi connectivity index (χ4v) is 4.26. The molecule has 0 radical (unpaired) electrons. The van der Waals surface area contributed by atoms with Crippen LogP contribution in [0.1, 0.15) is 18.1 Å². The van der Waals surface area contributed by atoms with Crippen molar-refractivity contribution in [3.8, 4) is 11.1 Å². The van der Waals surface area contributed by atoms with Crippen LogP contribution in [0.3, 0.4) is 0 Å². The smallest absolute Gasteiger partial charge is 0.236 e. The second-order valence-corrected chi connectivity index (χ2v) is 8.11. The second-order valence-electron chi connectivity index (χ2n) is 8.11. The van der Waals surface area contributed by atoms with E-state index in [4.69, 9.17) is 5.73 Å². The summed E-state index contributed by atoms with van der Waals surface area (Å²) in [6, 6.07) is 13.0. The molecule has 5 nitrogen and oxygen atoms in total. The van der Waals surface area contributed by atoms with Gasteiger partial charge in [-0.25, -0.2) is 4.39 Å². The number of carbonyl (C=O) groups excluding carboxylic acids is 1. The van der Waals surface area contributed by atoms with Gasteiger partial charge < -0.3 is 10.6 Å². The van der Waals surface area contributed by atoms with Crippen LogP contribution in [0.25, 0.3) is 11.1 Å². The van der Waals surface area contributed by atoms with Gasteiger partial charge in [-0.3, -0.25) is 14.6 Å². The first-order valence-electron chi connectivity index (χ1n) is 10.4. The van der Waals surface area contributed by atoms with E-state index >= 15 is 0 Å². The Kier molecular flexibility index (Phi) is 5.94. The lowest BCUT2D eigenvalue weighted by atomic mass is 9.94. The number of fused-ring (bicyclic) bond motifs is 1. The minimum Gasteiger partial charge on any atom is -0.339 e. The lowest BCUT2D eigenvalue weighted by Crippen LogP contribution is -2.55. The largest absolute Gasteiger partial charge is 0.339 e. The van der Waals surface area contributed by atoms with E-state index in [0.29, 0.717) is 6.54 Å². The fraction of sp³-hybridized carbons (Fsp3) is 0.435. The molecule has 4 rings (SSSR count). The lowest BCUT2D eigenvalue weighted by Gasteiger charge is -2.38. The van der Waals surface area contributed by atoms with Gasteiger partial charge >= 0.3 is 0 Å². The molecular formula is C23H29FN4O. The van der Waals surface area contributed by atoms with Crippen LogP contribution in [-0.4, -0.2) is 66.0 Å². The Labute approximate surface area is 171 Å². The number of nitrogens with zero attached hydrogens (tertiary/aromatic N) is 3. The fourth-order valence-electron chi connectivity index (χ4n) is 4.26. The maximum Gasteiger partial charge on any atom is 0.236 e. The summed E-state index contributed by atoms with van der Waals surface area (Å²) in [6.07, 6.45) is 0.952. The highest BCUT2D eigenvalue weighted by molar-refractivity contribution is 5.78. The van der Waals surface area contributed by atoms with Gasteiger partial charge in [-0.05, 0) is 47.7 Å². The minimum absolute atomic E-state index is 0.0446. The monoisotopic (exact) mass is 396 g/mol. The van der Waals surface area contributed by atoms with Crippen LogP contribution in [0.4, 0.5) is 4.39 Å². The highest BCUT2D eigenvalue weighted by atomic mass is 19.1. The van der Waals surface area contributed by atoms with Gasteiger partial charge in [-0.1, -0.05) is 30.3 Å². The second kappa shape index (κ2) is 8.61. The van der Waals surface area contributed by atoms with Crippen molar-refractivity contribution in [1.82, 2.24) is 14.7 Å². The molecule has 1 amide bonds. The molecule has 0 spiro atoms. The number of rotatable bonds is 4. The Balaban J connectivity index is 1.36. The van der Waals surface area contributed by atoms with Crippen LogP contribution in [0, 0.1) is 5.82 Å². The highest BCUT2D eigenvalue weighted by Crippen LogP contribution is 2.26. The van der Waals surface area contributed by atoms with Crippen molar-refractivity contribution in [1.29, 1.82) is 0 Å². The number of hydrogen-bond acceptors (Lipinski definition) is 4. The number of benzene rings is 2. The van der Waals surface area contributed by atoms with Crippen molar-refractivity contribution in [3.63, 3.8) is 0 Å². The molecule has 1 unspecified atom stereocenters. The van der Waals surface area contributed by atoms with Gasteiger partial charge in [-0.2, -0.15) is 0 Å². The van der Waals surface area contributed by atoms with Crippen molar-refractivity contribution in [2.75, 3.05) is 39.3 Å². The van der Waals surface area contributed by atoms with Crippen LogP contribution in [0.2, 0.25) is 0 Å². The Bertz CT molecular complexity index is 877. The van der Waals surface area contributed by atoms with E-state index in [-0.39, 0.29) is 17.9 Å². The van der Waals surface area contributed by atoms with Crippen molar-refractivity contribution in [3.05, 3.63) is 59.4 Å². The van der Waals surface area contributed by atoms with E-state index in [2.05, 4.69) is 21.9 Å². The zero-order chi connectivity index (χ0) is 20.4. The van der Waals surface area contributed by atoms with E-state index in [1.165, 1.54) is 17.2 Å². The molecule has 1 atom stereocenters. The summed E-state index contributed by atoms with van der Waals surface area (Å²) in [5.74, 6) is -0.0131. The molecular weight excluding hydrogens is 367 g/mol. The third-order valence-corrected chi connectivity index (χ3v) is 6.06. The third-order valence-electron chi connectivity index (χ3n) is 6.06. The highest BCUT2D eigenvalue weighted by Gasteiger charge is 2.25. The normalized spacial score (nSPS) is 19.1. The first-order chi connectivity index (χ1) is 14.0. The molecule has 2 aliphatic heterocycles. The van der Waals surface area contributed by atoms with Crippen LogP contribution < -0.4 is 5.73 Å². The Morgan fingerprint density at radius 2 is 1.79 bits per heavy atom. The SMILES string of the molecule is CC(N)N1CCN(C(=O)CN2CCc3cc(-c4cccc(F)c4)ccc3C2)CC1. The van der Waals surface area contributed by atoms with Crippen molar-refractivity contribution in [2.24, 2.45) is 5.73 Å². The predicted molar refractivity (Wildman–Crippen MR) is 113 cm³/mol. The summed E-state index contributed by atoms with van der Waals surface area (Å²) in [7, 11) is 0. The zero-order valence-corrected chi connectivity index (χ0v) is 17.0. The maximum atomic E-state index is 13.5. The van der Waals surface area contributed by atoms with Crippen LogP contribution in [-0.2, 0) is 17.8 Å². The molecule has 1 saturated heterocycles. The molecule has 2 aromatic rings. The maximum absolute atomic E-state index is 13.5. The molecule has 0 aromatic heterocycles. The van der Waals surface area contributed by atoms with E-state index in [0.717, 1.165) is 56.8 Å². The minimum atomic E-state index is -0.216. The average Bonchev–Trinajstić information content (AvgIpc) is 2.73. The summed E-state index contributed by atoms with van der Waals surface area (Å²) in [4.78, 5) is 19.1. The number of halogens is 1. The van der Waals surface area contributed by atoms with Gasteiger partial charge in [0.2, 0.25) is 5.91 Å². The van der Waals surface area contributed by atoms with Gasteiger partial charge in [0.25, 0.3) is 0 Å². The topological polar surface area (TPSA) is 52.8 Å². The Hall–Kier alpha value is -2.28. The molecule has 0 saturated carbocycles. The third kappa shape index (κ3) is 4.66. The molecule has 2 N–H and O–H groups in total. The number of amides is 1. The van der Waals surface area contributed by atoms with E-state index in [9.17, 15) is 9.18 Å². The number of piperazine rings is 1. The quantitative estimate of drug-likeness (QED) is 0.862. The summed E-state index contributed by atoms with van der Waals surface area (Å²) in [6.45, 7) is 7.29. The Morgan fingerprint density at radius 1 is 1.03 bits per heavy atom. The van der Waals surface area contributed by atoms with Crippen molar-refractivity contribution < 1.29 is 9.18 Å². The molecule has 2 aromatic carbocycles. The molecule has 2 aliphatic rings.